The Balaban J connectivity index is 2.47. The second-order valence-electron chi connectivity index (χ2n) is 5.93. The van der Waals surface area contributed by atoms with Gasteiger partial charge < -0.3 is 20.5 Å². The zero-order chi connectivity index (χ0) is 16.6. The van der Waals surface area contributed by atoms with Crippen molar-refractivity contribution in [1.29, 1.82) is 0 Å². The maximum Gasteiger partial charge on any atom is 0.258 e. The molecule has 1 atom stereocenters. The monoisotopic (exact) mass is 308 g/mol. The van der Waals surface area contributed by atoms with E-state index >= 15 is 0 Å². The minimum Gasteiger partial charge on any atom is -0.494 e. The number of carbonyl (C=O) groups excluding carboxylic acids is 1. The number of ether oxygens (including phenoxy) is 2. The van der Waals surface area contributed by atoms with Gasteiger partial charge in [0.25, 0.3) is 5.91 Å². The van der Waals surface area contributed by atoms with Gasteiger partial charge in [-0.25, -0.2) is 0 Å². The van der Waals surface area contributed by atoms with Crippen LogP contribution < -0.4 is 20.5 Å². The van der Waals surface area contributed by atoms with E-state index < -0.39 is 5.54 Å². The SMILES string of the molecule is CCCOc1ccc(OCC(=O)NC(C)(CN)C(C)C)cc1. The van der Waals surface area contributed by atoms with E-state index in [1.54, 1.807) is 12.1 Å². The van der Waals surface area contributed by atoms with Crippen LogP contribution >= 0.6 is 0 Å². The van der Waals surface area contributed by atoms with Crippen LogP contribution in [0.25, 0.3) is 0 Å². The average Bonchev–Trinajstić information content (AvgIpc) is 2.51. The molecule has 124 valence electrons. The Kier molecular flexibility index (Phi) is 7.18. The molecule has 0 bridgehead atoms. The van der Waals surface area contributed by atoms with Gasteiger partial charge in [0.15, 0.2) is 6.61 Å². The van der Waals surface area contributed by atoms with Crippen LogP contribution in [0.5, 0.6) is 11.5 Å². The number of amides is 1. The van der Waals surface area contributed by atoms with Crippen molar-refractivity contribution in [1.82, 2.24) is 5.32 Å². The number of carbonyl (C=O) groups is 1. The van der Waals surface area contributed by atoms with Crippen molar-refractivity contribution < 1.29 is 14.3 Å². The molecule has 0 saturated heterocycles. The lowest BCUT2D eigenvalue weighted by atomic mass is 9.88. The second-order valence-corrected chi connectivity index (χ2v) is 5.93. The number of rotatable bonds is 9. The summed E-state index contributed by atoms with van der Waals surface area (Å²) in [4.78, 5) is 12.0. The molecule has 1 unspecified atom stereocenters. The highest BCUT2D eigenvalue weighted by Crippen LogP contribution is 2.18. The Morgan fingerprint density at radius 2 is 1.77 bits per heavy atom. The molecular formula is C17H28N2O3. The summed E-state index contributed by atoms with van der Waals surface area (Å²) in [6.07, 6.45) is 0.966. The van der Waals surface area contributed by atoms with Crippen molar-refractivity contribution in [3.05, 3.63) is 24.3 Å². The maximum absolute atomic E-state index is 12.0. The number of hydrogen-bond acceptors (Lipinski definition) is 4. The molecule has 0 aliphatic rings. The van der Waals surface area contributed by atoms with Gasteiger partial charge in [0.2, 0.25) is 0 Å². The predicted octanol–water partition coefficient (Wildman–Crippen LogP) is 2.34. The number of benzene rings is 1. The minimum atomic E-state index is -0.418. The lowest BCUT2D eigenvalue weighted by Gasteiger charge is -2.33. The van der Waals surface area contributed by atoms with E-state index in [1.165, 1.54) is 0 Å². The minimum absolute atomic E-state index is 0.0303. The molecular weight excluding hydrogens is 280 g/mol. The molecule has 0 heterocycles. The molecule has 0 radical (unpaired) electrons. The van der Waals surface area contributed by atoms with Crippen molar-refractivity contribution in [2.75, 3.05) is 19.8 Å². The summed E-state index contributed by atoms with van der Waals surface area (Å²) in [6.45, 7) is 9.11. The normalized spacial score (nSPS) is 13.5. The molecule has 5 heteroatoms. The molecule has 0 aliphatic heterocycles. The Morgan fingerprint density at radius 3 is 2.23 bits per heavy atom. The van der Waals surface area contributed by atoms with Gasteiger partial charge in [-0.3, -0.25) is 4.79 Å². The Bertz CT molecular complexity index is 459. The fourth-order valence-electron chi connectivity index (χ4n) is 1.79. The molecule has 22 heavy (non-hydrogen) atoms. The van der Waals surface area contributed by atoms with E-state index in [-0.39, 0.29) is 18.4 Å². The van der Waals surface area contributed by atoms with E-state index in [4.69, 9.17) is 15.2 Å². The zero-order valence-corrected chi connectivity index (χ0v) is 14.0. The third-order valence-electron chi connectivity index (χ3n) is 3.79. The standard InChI is InChI=1S/C17H28N2O3/c1-5-10-21-14-6-8-15(9-7-14)22-11-16(20)19-17(4,12-18)13(2)3/h6-9,13H,5,10-12,18H2,1-4H3,(H,19,20). The highest BCUT2D eigenvalue weighted by Gasteiger charge is 2.28. The van der Waals surface area contributed by atoms with Crippen molar-refractivity contribution in [3.63, 3.8) is 0 Å². The molecule has 0 saturated carbocycles. The van der Waals surface area contributed by atoms with Crippen LogP contribution in [0, 0.1) is 5.92 Å². The van der Waals surface area contributed by atoms with Crippen LogP contribution in [0.4, 0.5) is 0 Å². The van der Waals surface area contributed by atoms with E-state index in [9.17, 15) is 4.79 Å². The third kappa shape index (κ3) is 5.56. The first-order valence-corrected chi connectivity index (χ1v) is 7.78. The van der Waals surface area contributed by atoms with E-state index in [0.29, 0.717) is 18.9 Å². The summed E-state index contributed by atoms with van der Waals surface area (Å²) < 4.78 is 11.0. The molecule has 0 aliphatic carbocycles. The van der Waals surface area contributed by atoms with E-state index in [1.807, 2.05) is 32.9 Å². The van der Waals surface area contributed by atoms with Crippen LogP contribution in [0.1, 0.15) is 34.1 Å². The number of nitrogens with two attached hydrogens (primary N) is 1. The lowest BCUT2D eigenvalue weighted by molar-refractivity contribution is -0.125. The molecule has 1 aromatic rings. The highest BCUT2D eigenvalue weighted by molar-refractivity contribution is 5.78. The second kappa shape index (κ2) is 8.63. The van der Waals surface area contributed by atoms with Gasteiger partial charge in [-0.05, 0) is 43.5 Å². The first-order valence-electron chi connectivity index (χ1n) is 7.78. The van der Waals surface area contributed by atoms with Crippen LogP contribution in [0.3, 0.4) is 0 Å². The quantitative estimate of drug-likeness (QED) is 0.734. The van der Waals surface area contributed by atoms with Gasteiger partial charge in [-0.1, -0.05) is 20.8 Å². The molecule has 1 aromatic carbocycles. The van der Waals surface area contributed by atoms with Gasteiger partial charge in [0.1, 0.15) is 11.5 Å². The smallest absolute Gasteiger partial charge is 0.258 e. The first kappa shape index (κ1) is 18.3. The molecule has 1 rings (SSSR count). The summed E-state index contributed by atoms with van der Waals surface area (Å²) in [5.41, 5.74) is 5.33. The molecule has 0 aromatic heterocycles. The van der Waals surface area contributed by atoms with Gasteiger partial charge in [-0.15, -0.1) is 0 Å². The van der Waals surface area contributed by atoms with E-state index in [0.717, 1.165) is 12.2 Å². The fourth-order valence-corrected chi connectivity index (χ4v) is 1.79. The first-order chi connectivity index (χ1) is 10.4. The molecule has 1 amide bonds. The van der Waals surface area contributed by atoms with Crippen molar-refractivity contribution in [3.8, 4) is 11.5 Å². The molecule has 3 N–H and O–H groups in total. The summed E-state index contributed by atoms with van der Waals surface area (Å²) in [7, 11) is 0. The zero-order valence-electron chi connectivity index (χ0n) is 14.0. The maximum atomic E-state index is 12.0. The molecule has 5 nitrogen and oxygen atoms in total. The lowest BCUT2D eigenvalue weighted by Crippen LogP contribution is -2.56. The molecule has 0 fully saturated rings. The predicted molar refractivity (Wildman–Crippen MR) is 88.2 cm³/mol. The van der Waals surface area contributed by atoms with Crippen molar-refractivity contribution in [2.24, 2.45) is 11.7 Å². The van der Waals surface area contributed by atoms with Gasteiger partial charge in [0, 0.05) is 6.54 Å². The fraction of sp³-hybridized carbons (Fsp3) is 0.588. The highest BCUT2D eigenvalue weighted by atomic mass is 16.5. The van der Waals surface area contributed by atoms with Gasteiger partial charge >= 0.3 is 0 Å². The van der Waals surface area contributed by atoms with Crippen LogP contribution in [-0.4, -0.2) is 31.2 Å². The van der Waals surface area contributed by atoms with E-state index in [2.05, 4.69) is 12.2 Å². The van der Waals surface area contributed by atoms with Crippen molar-refractivity contribution in [2.45, 2.75) is 39.7 Å². The van der Waals surface area contributed by atoms with Gasteiger partial charge in [0.05, 0.1) is 12.1 Å². The summed E-state index contributed by atoms with van der Waals surface area (Å²) in [5, 5.41) is 2.94. The average molecular weight is 308 g/mol. The van der Waals surface area contributed by atoms with Crippen LogP contribution in [-0.2, 0) is 4.79 Å². The third-order valence-corrected chi connectivity index (χ3v) is 3.79. The van der Waals surface area contributed by atoms with Crippen LogP contribution in [0.2, 0.25) is 0 Å². The van der Waals surface area contributed by atoms with Crippen LogP contribution in [0.15, 0.2) is 24.3 Å². The number of nitrogens with one attached hydrogen (secondary N) is 1. The number of hydrogen-bond donors (Lipinski definition) is 2. The Labute approximate surface area is 133 Å². The summed E-state index contributed by atoms with van der Waals surface area (Å²) >= 11 is 0. The largest absolute Gasteiger partial charge is 0.494 e. The van der Waals surface area contributed by atoms with Gasteiger partial charge in [-0.2, -0.15) is 0 Å². The summed E-state index contributed by atoms with van der Waals surface area (Å²) in [6, 6.07) is 7.26. The topological polar surface area (TPSA) is 73.6 Å². The Morgan fingerprint density at radius 1 is 1.23 bits per heavy atom. The Hall–Kier alpha value is -1.75. The summed E-state index contributed by atoms with van der Waals surface area (Å²) in [5.74, 6) is 1.51. The van der Waals surface area contributed by atoms with Crippen molar-refractivity contribution >= 4 is 5.91 Å². The molecule has 0 spiro atoms.